The Morgan fingerprint density at radius 1 is 1.38 bits per heavy atom. The topological polar surface area (TPSA) is 3.24 Å². The van der Waals surface area contributed by atoms with Crippen LogP contribution in [0.15, 0.2) is 0 Å². The minimum atomic E-state index is -0.933. The fourth-order valence-corrected chi connectivity index (χ4v) is 1.70. The van der Waals surface area contributed by atoms with Crippen molar-refractivity contribution in [2.24, 2.45) is 5.41 Å². The molecule has 0 amide bonds. The number of hydrogen-bond acceptors (Lipinski definition) is 1. The van der Waals surface area contributed by atoms with Gasteiger partial charge in [-0.15, -0.1) is 0 Å². The first-order chi connectivity index (χ1) is 5.79. The summed E-state index contributed by atoms with van der Waals surface area (Å²) in [6.45, 7) is 11.0. The van der Waals surface area contributed by atoms with Crippen molar-refractivity contribution in [2.45, 2.75) is 46.2 Å². The normalized spacial score (nSPS) is 31.2. The van der Waals surface area contributed by atoms with Gasteiger partial charge in [-0.05, 0) is 31.7 Å². The van der Waals surface area contributed by atoms with Crippen LogP contribution in [0.3, 0.4) is 0 Å². The first-order valence-electron chi connectivity index (χ1n) is 5.20. The molecule has 1 rings (SSSR count). The van der Waals surface area contributed by atoms with E-state index >= 15 is 0 Å². The fraction of sp³-hybridized carbons (Fsp3) is 1.00. The number of hydrogen-bond donors (Lipinski definition) is 0. The van der Waals surface area contributed by atoms with Crippen LogP contribution >= 0.6 is 0 Å². The van der Waals surface area contributed by atoms with E-state index in [2.05, 4.69) is 25.7 Å². The van der Waals surface area contributed by atoms with Gasteiger partial charge in [0.15, 0.2) is 0 Å². The smallest absolute Gasteiger partial charge is 0.122 e. The van der Waals surface area contributed by atoms with Crippen molar-refractivity contribution in [1.29, 1.82) is 0 Å². The van der Waals surface area contributed by atoms with Crippen LogP contribution in [0.2, 0.25) is 0 Å². The Morgan fingerprint density at radius 2 is 2.00 bits per heavy atom. The number of alkyl halides is 1. The maximum atomic E-state index is 13.4. The largest absolute Gasteiger partial charge is 0.300 e. The van der Waals surface area contributed by atoms with E-state index in [1.54, 1.807) is 6.92 Å². The van der Waals surface area contributed by atoms with Crippen LogP contribution in [-0.2, 0) is 0 Å². The van der Waals surface area contributed by atoms with Crippen molar-refractivity contribution < 1.29 is 4.39 Å². The molecule has 0 aliphatic carbocycles. The summed E-state index contributed by atoms with van der Waals surface area (Å²) < 4.78 is 13.4. The molecule has 1 heterocycles. The molecule has 1 aliphatic rings. The maximum Gasteiger partial charge on any atom is 0.122 e. The fourth-order valence-electron chi connectivity index (χ4n) is 1.70. The van der Waals surface area contributed by atoms with Crippen LogP contribution < -0.4 is 0 Å². The molecule has 0 radical (unpaired) electrons. The monoisotopic (exact) mass is 187 g/mol. The molecule has 0 aromatic carbocycles. The molecule has 2 heteroatoms. The predicted octanol–water partition coefficient (Wildman–Crippen LogP) is 2.86. The molecule has 1 fully saturated rings. The first kappa shape index (κ1) is 11.0. The first-order valence-corrected chi connectivity index (χ1v) is 5.20. The minimum absolute atomic E-state index is 0.370. The lowest BCUT2D eigenvalue weighted by molar-refractivity contribution is 0.180. The van der Waals surface area contributed by atoms with Crippen LogP contribution in [-0.4, -0.2) is 30.2 Å². The summed E-state index contributed by atoms with van der Waals surface area (Å²) in [6.07, 6.45) is 1.86. The summed E-state index contributed by atoms with van der Waals surface area (Å²) in [5, 5.41) is 0. The molecular formula is C11H22FN. The third-order valence-corrected chi connectivity index (χ3v) is 2.68. The molecule has 0 bridgehead atoms. The van der Waals surface area contributed by atoms with Crippen LogP contribution in [0.25, 0.3) is 0 Å². The van der Waals surface area contributed by atoms with E-state index < -0.39 is 5.67 Å². The van der Waals surface area contributed by atoms with E-state index in [4.69, 9.17) is 0 Å². The van der Waals surface area contributed by atoms with Crippen LogP contribution in [0.4, 0.5) is 4.39 Å². The van der Waals surface area contributed by atoms with Crippen LogP contribution in [0, 0.1) is 5.41 Å². The van der Waals surface area contributed by atoms with Crippen molar-refractivity contribution in [3.63, 3.8) is 0 Å². The standard InChI is InChI=1S/C11H22FN/c1-10(2,3)5-7-13-8-6-11(4,12)9-13/h5-9H2,1-4H3. The zero-order chi connectivity index (χ0) is 10.1. The highest BCUT2D eigenvalue weighted by Crippen LogP contribution is 2.26. The van der Waals surface area contributed by atoms with Gasteiger partial charge < -0.3 is 4.90 Å². The molecule has 0 N–H and O–H groups in total. The summed E-state index contributed by atoms with van der Waals surface area (Å²) in [6, 6.07) is 0. The Balaban J connectivity index is 2.25. The zero-order valence-electron chi connectivity index (χ0n) is 9.36. The van der Waals surface area contributed by atoms with Gasteiger partial charge in [0.25, 0.3) is 0 Å². The Kier molecular flexibility index (Phi) is 3.01. The molecule has 0 saturated carbocycles. The van der Waals surface area contributed by atoms with Gasteiger partial charge in [0.1, 0.15) is 5.67 Å². The molecule has 0 aromatic heterocycles. The van der Waals surface area contributed by atoms with E-state index in [1.807, 2.05) is 0 Å². The number of halogens is 1. The van der Waals surface area contributed by atoms with E-state index in [9.17, 15) is 4.39 Å². The van der Waals surface area contributed by atoms with Gasteiger partial charge in [-0.2, -0.15) is 0 Å². The van der Waals surface area contributed by atoms with Gasteiger partial charge in [0.2, 0.25) is 0 Å². The molecular weight excluding hydrogens is 165 g/mol. The second-order valence-corrected chi connectivity index (χ2v) is 5.75. The Morgan fingerprint density at radius 3 is 2.38 bits per heavy atom. The molecule has 1 saturated heterocycles. The van der Waals surface area contributed by atoms with Gasteiger partial charge in [-0.25, -0.2) is 4.39 Å². The minimum Gasteiger partial charge on any atom is -0.300 e. The van der Waals surface area contributed by atoms with Crippen molar-refractivity contribution in [3.05, 3.63) is 0 Å². The zero-order valence-corrected chi connectivity index (χ0v) is 9.36. The average Bonchev–Trinajstić information content (AvgIpc) is 2.24. The third kappa shape index (κ3) is 4.08. The molecule has 13 heavy (non-hydrogen) atoms. The molecule has 1 atom stereocenters. The van der Waals surface area contributed by atoms with E-state index in [-0.39, 0.29) is 0 Å². The summed E-state index contributed by atoms with van der Waals surface area (Å²) in [7, 11) is 0. The quantitative estimate of drug-likeness (QED) is 0.642. The van der Waals surface area contributed by atoms with Crippen molar-refractivity contribution in [1.82, 2.24) is 4.90 Å². The summed E-state index contributed by atoms with van der Waals surface area (Å²) in [5.74, 6) is 0. The summed E-state index contributed by atoms with van der Waals surface area (Å²) >= 11 is 0. The molecule has 0 aromatic rings. The van der Waals surface area contributed by atoms with Gasteiger partial charge in [-0.3, -0.25) is 0 Å². The number of likely N-dealkylation sites (tertiary alicyclic amines) is 1. The molecule has 1 nitrogen and oxygen atoms in total. The lowest BCUT2D eigenvalue weighted by atomic mass is 9.92. The average molecular weight is 187 g/mol. The van der Waals surface area contributed by atoms with Crippen molar-refractivity contribution in [3.8, 4) is 0 Å². The van der Waals surface area contributed by atoms with E-state index in [0.717, 1.165) is 19.5 Å². The Labute approximate surface area is 81.3 Å². The van der Waals surface area contributed by atoms with Gasteiger partial charge >= 0.3 is 0 Å². The second kappa shape index (κ2) is 3.56. The van der Waals surface area contributed by atoms with Gasteiger partial charge in [0.05, 0.1) is 0 Å². The van der Waals surface area contributed by atoms with Crippen LogP contribution in [0.5, 0.6) is 0 Å². The lowest BCUT2D eigenvalue weighted by Gasteiger charge is -2.23. The van der Waals surface area contributed by atoms with Crippen molar-refractivity contribution in [2.75, 3.05) is 19.6 Å². The third-order valence-electron chi connectivity index (χ3n) is 2.68. The Hall–Kier alpha value is -0.110. The Bertz CT molecular complexity index is 169. The summed E-state index contributed by atoms with van der Waals surface area (Å²) in [4.78, 5) is 2.24. The second-order valence-electron chi connectivity index (χ2n) is 5.75. The highest BCUT2D eigenvalue weighted by atomic mass is 19.1. The number of rotatable bonds is 2. The van der Waals surface area contributed by atoms with Gasteiger partial charge in [0, 0.05) is 13.1 Å². The van der Waals surface area contributed by atoms with E-state index in [1.165, 1.54) is 0 Å². The number of nitrogens with zero attached hydrogens (tertiary/aromatic N) is 1. The molecule has 1 unspecified atom stereocenters. The highest BCUT2D eigenvalue weighted by molar-refractivity contribution is 4.86. The van der Waals surface area contributed by atoms with E-state index in [0.29, 0.717) is 18.4 Å². The summed E-state index contributed by atoms with van der Waals surface area (Å²) in [5.41, 5.74) is -0.562. The van der Waals surface area contributed by atoms with Gasteiger partial charge in [-0.1, -0.05) is 20.8 Å². The highest BCUT2D eigenvalue weighted by Gasteiger charge is 2.33. The van der Waals surface area contributed by atoms with Crippen LogP contribution in [0.1, 0.15) is 40.5 Å². The predicted molar refractivity (Wildman–Crippen MR) is 54.6 cm³/mol. The molecule has 78 valence electrons. The molecule has 0 spiro atoms. The maximum absolute atomic E-state index is 13.4. The SMILES string of the molecule is CC(C)(C)CCN1CCC(C)(F)C1. The lowest BCUT2D eigenvalue weighted by Crippen LogP contribution is -2.29. The molecule has 1 aliphatic heterocycles. The van der Waals surface area contributed by atoms with Crippen molar-refractivity contribution >= 4 is 0 Å².